The molecule has 0 fully saturated rings. The molecule has 2 nitrogen and oxygen atoms in total. The number of imidazole rings is 1. The highest BCUT2D eigenvalue weighted by Gasteiger charge is 2.16. The molecule has 1 heterocycles. The van der Waals surface area contributed by atoms with Crippen LogP contribution in [0.1, 0.15) is 24.1 Å². The maximum absolute atomic E-state index is 13.7. The van der Waals surface area contributed by atoms with Gasteiger partial charge in [-0.15, -0.1) is 0 Å². The molecule has 0 bridgehead atoms. The van der Waals surface area contributed by atoms with Gasteiger partial charge in [0, 0.05) is 6.07 Å². The van der Waals surface area contributed by atoms with Gasteiger partial charge in [0.2, 0.25) is 0 Å². The van der Waals surface area contributed by atoms with Crippen molar-refractivity contribution in [3.05, 3.63) is 62.6 Å². The van der Waals surface area contributed by atoms with Gasteiger partial charge in [-0.1, -0.05) is 24.3 Å². The Balaban J connectivity index is 2.25. The summed E-state index contributed by atoms with van der Waals surface area (Å²) in [4.78, 5) is 3.08. The number of halogens is 2. The maximum Gasteiger partial charge on any atom is 0.178 e. The Kier molecular flexibility index (Phi) is 3.71. The lowest BCUT2D eigenvalue weighted by atomic mass is 10.0. The zero-order valence-electron chi connectivity index (χ0n) is 11.7. The normalized spacial score (nSPS) is 12.8. The van der Waals surface area contributed by atoms with Crippen molar-refractivity contribution in [2.75, 3.05) is 0 Å². The topological polar surface area (TPSA) is 20.7 Å². The van der Waals surface area contributed by atoms with Gasteiger partial charge < -0.3 is 9.55 Å². The van der Waals surface area contributed by atoms with Crippen molar-refractivity contribution in [1.82, 2.24) is 9.55 Å². The van der Waals surface area contributed by atoms with Crippen LogP contribution in [0.2, 0.25) is 0 Å². The molecule has 108 valence electrons. The van der Waals surface area contributed by atoms with Crippen LogP contribution >= 0.6 is 28.1 Å². The Morgan fingerprint density at radius 3 is 2.71 bits per heavy atom. The summed E-state index contributed by atoms with van der Waals surface area (Å²) in [6.45, 7) is 4.18. The molecule has 0 aliphatic heterocycles. The van der Waals surface area contributed by atoms with Crippen LogP contribution in [0.4, 0.5) is 4.39 Å². The second-order valence-corrected chi connectivity index (χ2v) is 6.36. The van der Waals surface area contributed by atoms with Crippen molar-refractivity contribution in [2.45, 2.75) is 19.9 Å². The third-order valence-corrected chi connectivity index (χ3v) is 4.69. The average molecular weight is 365 g/mol. The van der Waals surface area contributed by atoms with Gasteiger partial charge in [0.1, 0.15) is 5.82 Å². The van der Waals surface area contributed by atoms with Crippen molar-refractivity contribution < 1.29 is 4.39 Å². The zero-order chi connectivity index (χ0) is 15.1. The molecule has 3 aromatic rings. The average Bonchev–Trinajstić information content (AvgIpc) is 2.74. The van der Waals surface area contributed by atoms with E-state index in [0.29, 0.717) is 14.8 Å². The van der Waals surface area contributed by atoms with Crippen LogP contribution in [0.15, 0.2) is 40.9 Å². The van der Waals surface area contributed by atoms with Crippen molar-refractivity contribution in [3.63, 3.8) is 0 Å². The number of hydrogen-bond donors (Lipinski definition) is 1. The highest BCUT2D eigenvalue weighted by Crippen LogP contribution is 2.29. The lowest BCUT2D eigenvalue weighted by Gasteiger charge is -2.17. The molecule has 1 aromatic heterocycles. The standard InChI is InChI=1S/C16H14BrFN2S/c1-9-5-3-4-6-11(9)10(2)20-15-7-12(17)13(18)8-14(15)19-16(20)21/h3-8,10H,1-2H3,(H,19,21). The van der Waals surface area contributed by atoms with Gasteiger partial charge in [-0.3, -0.25) is 0 Å². The summed E-state index contributed by atoms with van der Waals surface area (Å²) in [5.41, 5.74) is 4.02. The molecule has 0 aliphatic carbocycles. The zero-order valence-corrected chi connectivity index (χ0v) is 14.1. The number of benzene rings is 2. The van der Waals surface area contributed by atoms with E-state index in [9.17, 15) is 4.39 Å². The second kappa shape index (κ2) is 5.39. The molecule has 0 radical (unpaired) electrons. The Labute approximate surface area is 135 Å². The van der Waals surface area contributed by atoms with E-state index in [-0.39, 0.29) is 11.9 Å². The molecule has 0 spiro atoms. The molecule has 2 aromatic carbocycles. The fraction of sp³-hybridized carbons (Fsp3) is 0.188. The molecule has 1 unspecified atom stereocenters. The Morgan fingerprint density at radius 2 is 2.00 bits per heavy atom. The second-order valence-electron chi connectivity index (χ2n) is 5.12. The van der Waals surface area contributed by atoms with E-state index in [1.54, 1.807) is 6.07 Å². The van der Waals surface area contributed by atoms with Gasteiger partial charge in [0.05, 0.1) is 21.5 Å². The minimum atomic E-state index is -0.297. The number of nitrogens with zero attached hydrogens (tertiary/aromatic N) is 1. The highest BCUT2D eigenvalue weighted by molar-refractivity contribution is 9.10. The molecule has 1 atom stereocenters. The van der Waals surface area contributed by atoms with E-state index >= 15 is 0 Å². The molecule has 0 saturated heterocycles. The number of H-pyrrole nitrogens is 1. The summed E-state index contributed by atoms with van der Waals surface area (Å²) in [6, 6.07) is 11.5. The van der Waals surface area contributed by atoms with Crippen molar-refractivity contribution in [2.24, 2.45) is 0 Å². The molecule has 0 saturated carbocycles. The van der Waals surface area contributed by atoms with Crippen LogP contribution in [0.5, 0.6) is 0 Å². The van der Waals surface area contributed by atoms with E-state index in [1.807, 2.05) is 16.7 Å². The largest absolute Gasteiger partial charge is 0.330 e. The number of aryl methyl sites for hydroxylation is 1. The van der Waals surface area contributed by atoms with Gasteiger partial charge in [-0.25, -0.2) is 4.39 Å². The fourth-order valence-corrected chi connectivity index (χ4v) is 3.40. The first-order chi connectivity index (χ1) is 9.99. The Bertz CT molecular complexity index is 882. The number of hydrogen-bond acceptors (Lipinski definition) is 1. The van der Waals surface area contributed by atoms with E-state index < -0.39 is 0 Å². The first kappa shape index (κ1) is 14.5. The summed E-state index contributed by atoms with van der Waals surface area (Å²) >= 11 is 8.67. The van der Waals surface area contributed by atoms with E-state index in [0.717, 1.165) is 5.52 Å². The van der Waals surface area contributed by atoms with E-state index in [4.69, 9.17) is 12.2 Å². The van der Waals surface area contributed by atoms with Gasteiger partial charge >= 0.3 is 0 Å². The summed E-state index contributed by atoms with van der Waals surface area (Å²) in [5, 5.41) is 0. The third-order valence-electron chi connectivity index (χ3n) is 3.78. The summed E-state index contributed by atoms with van der Waals surface area (Å²) in [5.74, 6) is -0.297. The highest BCUT2D eigenvalue weighted by atomic mass is 79.9. The van der Waals surface area contributed by atoms with Crippen molar-refractivity contribution in [1.29, 1.82) is 0 Å². The molecule has 0 amide bonds. The number of aromatic amines is 1. The minimum absolute atomic E-state index is 0.0739. The summed E-state index contributed by atoms with van der Waals surface area (Å²) in [7, 11) is 0. The number of rotatable bonds is 2. The van der Waals surface area contributed by atoms with Crippen LogP contribution < -0.4 is 0 Å². The smallest absolute Gasteiger partial charge is 0.178 e. The van der Waals surface area contributed by atoms with Gasteiger partial charge in [-0.2, -0.15) is 0 Å². The molecule has 5 heteroatoms. The maximum atomic E-state index is 13.7. The molecule has 1 N–H and O–H groups in total. The van der Waals surface area contributed by atoms with E-state index in [2.05, 4.69) is 46.9 Å². The quantitative estimate of drug-likeness (QED) is 0.593. The third kappa shape index (κ3) is 2.45. The van der Waals surface area contributed by atoms with Gasteiger partial charge in [-0.05, 0) is 59.2 Å². The SMILES string of the molecule is Cc1ccccc1C(C)n1c(=S)[nH]c2cc(F)c(Br)cc21. The fourth-order valence-electron chi connectivity index (χ4n) is 2.70. The van der Waals surface area contributed by atoms with Crippen molar-refractivity contribution >= 4 is 39.2 Å². The van der Waals surface area contributed by atoms with Crippen LogP contribution in [-0.4, -0.2) is 9.55 Å². The van der Waals surface area contributed by atoms with E-state index in [1.165, 1.54) is 17.2 Å². The summed E-state index contributed by atoms with van der Waals surface area (Å²) < 4.78 is 16.7. The lowest BCUT2D eigenvalue weighted by molar-refractivity contribution is 0.621. The number of aromatic nitrogens is 2. The Hall–Kier alpha value is -1.46. The predicted molar refractivity (Wildman–Crippen MR) is 89.8 cm³/mol. The predicted octanol–water partition coefficient (Wildman–Crippen LogP) is 5.52. The van der Waals surface area contributed by atoms with Crippen LogP contribution in [0, 0.1) is 17.5 Å². The first-order valence-electron chi connectivity index (χ1n) is 6.64. The molecule has 3 rings (SSSR count). The van der Waals surface area contributed by atoms with Gasteiger partial charge in [0.25, 0.3) is 0 Å². The van der Waals surface area contributed by atoms with Crippen LogP contribution in [0.25, 0.3) is 11.0 Å². The molecular formula is C16H14BrFN2S. The Morgan fingerprint density at radius 1 is 1.29 bits per heavy atom. The number of nitrogens with one attached hydrogen (secondary N) is 1. The first-order valence-corrected chi connectivity index (χ1v) is 7.84. The molecule has 0 aliphatic rings. The molecular weight excluding hydrogens is 351 g/mol. The van der Waals surface area contributed by atoms with Crippen molar-refractivity contribution in [3.8, 4) is 0 Å². The minimum Gasteiger partial charge on any atom is -0.330 e. The number of fused-ring (bicyclic) bond motifs is 1. The molecule has 21 heavy (non-hydrogen) atoms. The summed E-state index contributed by atoms with van der Waals surface area (Å²) in [6.07, 6.45) is 0. The van der Waals surface area contributed by atoms with Gasteiger partial charge in [0.15, 0.2) is 4.77 Å². The van der Waals surface area contributed by atoms with Crippen LogP contribution in [-0.2, 0) is 0 Å². The monoisotopic (exact) mass is 364 g/mol. The lowest BCUT2D eigenvalue weighted by Crippen LogP contribution is -2.08. The van der Waals surface area contributed by atoms with Crippen LogP contribution in [0.3, 0.4) is 0 Å².